The van der Waals surface area contributed by atoms with Gasteiger partial charge >= 0.3 is 0 Å². The van der Waals surface area contributed by atoms with Crippen molar-refractivity contribution in [1.29, 1.82) is 0 Å². The Morgan fingerprint density at radius 1 is 1.18 bits per heavy atom. The molecule has 0 amide bonds. The Labute approximate surface area is 112 Å². The van der Waals surface area contributed by atoms with E-state index in [9.17, 15) is 0 Å². The molecule has 0 atom stereocenters. The highest BCUT2D eigenvalue weighted by molar-refractivity contribution is 9.10. The SMILES string of the molecule is Brc1ccccc1CC#CCN1CCNCC1. The minimum absolute atomic E-state index is 0.827. The summed E-state index contributed by atoms with van der Waals surface area (Å²) in [5.41, 5.74) is 1.26. The van der Waals surface area contributed by atoms with Gasteiger partial charge in [-0.15, -0.1) is 0 Å². The van der Waals surface area contributed by atoms with Crippen LogP contribution in [0.5, 0.6) is 0 Å². The highest BCUT2D eigenvalue weighted by atomic mass is 79.9. The van der Waals surface area contributed by atoms with Crippen molar-refractivity contribution < 1.29 is 0 Å². The average molecular weight is 293 g/mol. The molecule has 0 unspecified atom stereocenters. The second-order valence-electron chi connectivity index (χ2n) is 4.15. The van der Waals surface area contributed by atoms with Gasteiger partial charge in [-0.25, -0.2) is 0 Å². The molecule has 0 radical (unpaired) electrons. The summed E-state index contributed by atoms with van der Waals surface area (Å²) in [6.07, 6.45) is 0.827. The van der Waals surface area contributed by atoms with Gasteiger partial charge in [-0.2, -0.15) is 0 Å². The van der Waals surface area contributed by atoms with Gasteiger partial charge in [-0.1, -0.05) is 46.0 Å². The Kier molecular flexibility index (Phi) is 5.06. The van der Waals surface area contributed by atoms with Crippen molar-refractivity contribution in [2.75, 3.05) is 32.7 Å². The molecule has 90 valence electrons. The molecule has 1 fully saturated rings. The van der Waals surface area contributed by atoms with Crippen LogP contribution < -0.4 is 5.32 Å². The molecular formula is C14H17BrN2. The van der Waals surface area contributed by atoms with E-state index in [0.29, 0.717) is 0 Å². The van der Waals surface area contributed by atoms with E-state index in [1.807, 2.05) is 6.07 Å². The highest BCUT2D eigenvalue weighted by Gasteiger charge is 2.06. The molecule has 1 N–H and O–H groups in total. The molecule has 2 nitrogen and oxygen atoms in total. The van der Waals surface area contributed by atoms with Crippen molar-refractivity contribution in [3.63, 3.8) is 0 Å². The van der Waals surface area contributed by atoms with Gasteiger partial charge in [0.15, 0.2) is 0 Å². The van der Waals surface area contributed by atoms with E-state index >= 15 is 0 Å². The van der Waals surface area contributed by atoms with E-state index in [0.717, 1.165) is 43.6 Å². The van der Waals surface area contributed by atoms with Gasteiger partial charge in [-0.05, 0) is 11.6 Å². The fraction of sp³-hybridized carbons (Fsp3) is 0.429. The number of nitrogens with one attached hydrogen (secondary N) is 1. The summed E-state index contributed by atoms with van der Waals surface area (Å²) in [5.74, 6) is 6.51. The molecule has 1 aromatic rings. The van der Waals surface area contributed by atoms with E-state index in [1.54, 1.807) is 0 Å². The standard InChI is InChI=1S/C14H17BrN2/c15-14-7-2-1-5-13(14)6-3-4-10-17-11-8-16-9-12-17/h1-2,5,7,16H,6,8-12H2. The Bertz CT molecular complexity index is 414. The molecule has 0 spiro atoms. The third-order valence-electron chi connectivity index (χ3n) is 2.87. The van der Waals surface area contributed by atoms with Gasteiger partial charge < -0.3 is 5.32 Å². The van der Waals surface area contributed by atoms with Crippen LogP contribution in [0.4, 0.5) is 0 Å². The molecule has 1 heterocycles. The molecule has 1 aliphatic heterocycles. The van der Waals surface area contributed by atoms with Crippen LogP contribution in [0.2, 0.25) is 0 Å². The number of benzene rings is 1. The fourth-order valence-electron chi connectivity index (χ4n) is 1.84. The minimum Gasteiger partial charge on any atom is -0.314 e. The molecular weight excluding hydrogens is 276 g/mol. The molecule has 0 bridgehead atoms. The molecule has 0 saturated carbocycles. The lowest BCUT2D eigenvalue weighted by atomic mass is 10.1. The number of halogens is 1. The maximum absolute atomic E-state index is 3.54. The lowest BCUT2D eigenvalue weighted by Gasteiger charge is -2.24. The van der Waals surface area contributed by atoms with Crippen LogP contribution in [0.3, 0.4) is 0 Å². The van der Waals surface area contributed by atoms with E-state index in [1.165, 1.54) is 5.56 Å². The predicted octanol–water partition coefficient (Wildman–Crippen LogP) is 1.90. The second-order valence-corrected chi connectivity index (χ2v) is 5.00. The Balaban J connectivity index is 1.80. The van der Waals surface area contributed by atoms with Gasteiger partial charge in [-0.3, -0.25) is 4.90 Å². The van der Waals surface area contributed by atoms with Crippen molar-refractivity contribution in [3.05, 3.63) is 34.3 Å². The van der Waals surface area contributed by atoms with Crippen LogP contribution in [0, 0.1) is 11.8 Å². The maximum Gasteiger partial charge on any atom is 0.0602 e. The Morgan fingerprint density at radius 2 is 1.94 bits per heavy atom. The minimum atomic E-state index is 0.827. The molecule has 17 heavy (non-hydrogen) atoms. The molecule has 2 rings (SSSR count). The number of piperazine rings is 1. The molecule has 1 aliphatic rings. The summed E-state index contributed by atoms with van der Waals surface area (Å²) < 4.78 is 1.15. The number of rotatable bonds is 2. The number of nitrogens with zero attached hydrogens (tertiary/aromatic N) is 1. The zero-order valence-electron chi connectivity index (χ0n) is 9.88. The average Bonchev–Trinajstić information content (AvgIpc) is 2.38. The first kappa shape index (κ1) is 12.6. The van der Waals surface area contributed by atoms with Crippen LogP contribution in [-0.4, -0.2) is 37.6 Å². The van der Waals surface area contributed by atoms with Gasteiger partial charge in [0.2, 0.25) is 0 Å². The number of hydrogen-bond acceptors (Lipinski definition) is 2. The lowest BCUT2D eigenvalue weighted by Crippen LogP contribution is -2.43. The van der Waals surface area contributed by atoms with Crippen molar-refractivity contribution in [2.24, 2.45) is 0 Å². The molecule has 0 aromatic heterocycles. The Hall–Kier alpha value is -0.820. The van der Waals surface area contributed by atoms with E-state index in [4.69, 9.17) is 0 Å². The molecule has 0 aliphatic carbocycles. The summed E-state index contributed by atoms with van der Waals surface area (Å²) in [6, 6.07) is 8.26. The highest BCUT2D eigenvalue weighted by Crippen LogP contribution is 2.15. The molecule has 3 heteroatoms. The van der Waals surface area contributed by atoms with E-state index in [2.05, 4.69) is 56.2 Å². The third kappa shape index (κ3) is 4.16. The predicted molar refractivity (Wildman–Crippen MR) is 74.9 cm³/mol. The van der Waals surface area contributed by atoms with Gasteiger partial charge in [0.25, 0.3) is 0 Å². The smallest absolute Gasteiger partial charge is 0.0602 e. The monoisotopic (exact) mass is 292 g/mol. The number of hydrogen-bond donors (Lipinski definition) is 1. The van der Waals surface area contributed by atoms with Crippen LogP contribution in [0.15, 0.2) is 28.7 Å². The molecule has 1 saturated heterocycles. The van der Waals surface area contributed by atoms with Crippen molar-refractivity contribution >= 4 is 15.9 Å². The maximum atomic E-state index is 3.54. The van der Waals surface area contributed by atoms with Crippen LogP contribution in [-0.2, 0) is 6.42 Å². The van der Waals surface area contributed by atoms with Gasteiger partial charge in [0, 0.05) is 37.1 Å². The van der Waals surface area contributed by atoms with Crippen LogP contribution in [0.25, 0.3) is 0 Å². The van der Waals surface area contributed by atoms with Crippen molar-refractivity contribution in [1.82, 2.24) is 10.2 Å². The lowest BCUT2D eigenvalue weighted by molar-refractivity contribution is 0.268. The Morgan fingerprint density at radius 3 is 2.71 bits per heavy atom. The zero-order valence-corrected chi connectivity index (χ0v) is 11.5. The van der Waals surface area contributed by atoms with Crippen LogP contribution >= 0.6 is 15.9 Å². The zero-order chi connectivity index (χ0) is 11.9. The van der Waals surface area contributed by atoms with Crippen molar-refractivity contribution in [2.45, 2.75) is 6.42 Å². The summed E-state index contributed by atoms with van der Waals surface area (Å²) in [4.78, 5) is 2.39. The molecule has 1 aromatic carbocycles. The largest absolute Gasteiger partial charge is 0.314 e. The summed E-state index contributed by atoms with van der Waals surface area (Å²) in [6.45, 7) is 5.30. The van der Waals surface area contributed by atoms with Gasteiger partial charge in [0.1, 0.15) is 0 Å². The topological polar surface area (TPSA) is 15.3 Å². The van der Waals surface area contributed by atoms with Crippen LogP contribution in [0.1, 0.15) is 5.56 Å². The first-order valence-electron chi connectivity index (χ1n) is 5.98. The van der Waals surface area contributed by atoms with Gasteiger partial charge in [0.05, 0.1) is 6.54 Å². The van der Waals surface area contributed by atoms with Crippen molar-refractivity contribution in [3.8, 4) is 11.8 Å². The summed E-state index contributed by atoms with van der Waals surface area (Å²) in [5, 5.41) is 3.34. The fourth-order valence-corrected chi connectivity index (χ4v) is 2.26. The first-order chi connectivity index (χ1) is 8.36. The quantitative estimate of drug-likeness (QED) is 0.838. The van der Waals surface area contributed by atoms with E-state index in [-0.39, 0.29) is 0 Å². The summed E-state index contributed by atoms with van der Waals surface area (Å²) >= 11 is 3.54. The summed E-state index contributed by atoms with van der Waals surface area (Å²) in [7, 11) is 0. The first-order valence-corrected chi connectivity index (χ1v) is 6.78. The second kappa shape index (κ2) is 6.80. The van der Waals surface area contributed by atoms with E-state index < -0.39 is 0 Å². The third-order valence-corrected chi connectivity index (χ3v) is 3.65. The normalized spacial score (nSPS) is 16.3.